The van der Waals surface area contributed by atoms with Crippen molar-refractivity contribution < 1.29 is 14.9 Å². The molecule has 2 N–H and O–H groups in total. The average Bonchev–Trinajstić information content (AvgIpc) is 2.55. The molecule has 1 aliphatic carbocycles. The fourth-order valence-corrected chi connectivity index (χ4v) is 2.64. The van der Waals surface area contributed by atoms with Crippen molar-refractivity contribution in [2.45, 2.75) is 44.1 Å². The van der Waals surface area contributed by atoms with Crippen LogP contribution >= 0.6 is 0 Å². The Morgan fingerprint density at radius 3 is 2.69 bits per heavy atom. The number of aliphatic imine (C=N–C) groups is 1. The topological polar surface area (TPSA) is 65.3 Å². The van der Waals surface area contributed by atoms with Gasteiger partial charge in [0.05, 0.1) is 6.10 Å². The maximum atomic E-state index is 9.95. The van der Waals surface area contributed by atoms with Gasteiger partial charge in [-0.1, -0.05) is 6.92 Å². The molecule has 1 saturated heterocycles. The van der Waals surface area contributed by atoms with Crippen LogP contribution in [-0.2, 0) is 4.74 Å². The van der Waals surface area contributed by atoms with E-state index in [1.54, 1.807) is 0 Å². The van der Waals surface area contributed by atoms with Crippen LogP contribution in [0, 0.1) is 5.92 Å². The predicted octanol–water partition coefficient (Wildman–Crippen LogP) is -0.423. The van der Waals surface area contributed by atoms with Crippen LogP contribution in [0.4, 0.5) is 0 Å². The summed E-state index contributed by atoms with van der Waals surface area (Å²) < 4.78 is 5.76. The molecule has 0 unspecified atom stereocenters. The number of ether oxygens (including phenoxy) is 1. The lowest BCUT2D eigenvalue weighted by Crippen LogP contribution is -2.51. The molecule has 90 valence electrons. The molecule has 5 heteroatoms. The number of hydrogen-bond acceptors (Lipinski definition) is 5. The minimum Gasteiger partial charge on any atom is -0.459 e. The molecule has 1 saturated carbocycles. The fraction of sp³-hybridized carbons (Fsp3) is 0.909. The minimum absolute atomic E-state index is 0.0519. The summed E-state index contributed by atoms with van der Waals surface area (Å²) in [5.74, 6) is 0.0715. The summed E-state index contributed by atoms with van der Waals surface area (Å²) in [6, 6.07) is 0.392. The average molecular weight is 226 g/mol. The summed E-state index contributed by atoms with van der Waals surface area (Å²) in [6.07, 6.45) is 0.434. The Morgan fingerprint density at radius 2 is 2.06 bits per heavy atom. The highest BCUT2D eigenvalue weighted by Gasteiger charge is 2.47. The second-order valence-corrected chi connectivity index (χ2v) is 5.09. The standard InChI is InChI=1S/C11H18N2O3/c1-6-5-7-8(10(15)9(6)14)12-11(16-7)13-3-2-4-13/h6-10,14-15H,2-5H2,1H3/t6-,7-,8-,9+,10+/m0/s1. The molecule has 0 amide bonds. The first-order valence-electron chi connectivity index (χ1n) is 6.02. The van der Waals surface area contributed by atoms with Crippen molar-refractivity contribution in [2.75, 3.05) is 13.1 Å². The van der Waals surface area contributed by atoms with Gasteiger partial charge in [-0.25, -0.2) is 4.99 Å². The Labute approximate surface area is 94.7 Å². The van der Waals surface area contributed by atoms with Crippen molar-refractivity contribution in [1.82, 2.24) is 4.90 Å². The maximum absolute atomic E-state index is 9.95. The Hall–Kier alpha value is -0.810. The lowest BCUT2D eigenvalue weighted by atomic mass is 9.81. The van der Waals surface area contributed by atoms with Gasteiger partial charge in [-0.3, -0.25) is 0 Å². The number of likely N-dealkylation sites (tertiary alicyclic amines) is 1. The van der Waals surface area contributed by atoms with Crippen LogP contribution in [0.25, 0.3) is 0 Å². The first kappa shape index (κ1) is 10.4. The van der Waals surface area contributed by atoms with Crippen molar-refractivity contribution in [3.05, 3.63) is 0 Å². The van der Waals surface area contributed by atoms with Gasteiger partial charge in [-0.05, 0) is 18.8 Å². The number of fused-ring (bicyclic) bond motifs is 1. The molecule has 2 heterocycles. The Bertz CT molecular complexity index is 316. The van der Waals surface area contributed by atoms with E-state index in [4.69, 9.17) is 4.74 Å². The van der Waals surface area contributed by atoms with E-state index in [9.17, 15) is 10.2 Å². The van der Waals surface area contributed by atoms with Gasteiger partial charge in [0.2, 0.25) is 0 Å². The molecule has 3 aliphatic rings. The van der Waals surface area contributed by atoms with Crippen molar-refractivity contribution in [2.24, 2.45) is 10.9 Å². The summed E-state index contributed by atoms with van der Waals surface area (Å²) >= 11 is 0. The van der Waals surface area contributed by atoms with Crippen LogP contribution in [-0.4, -0.2) is 58.6 Å². The van der Waals surface area contributed by atoms with Gasteiger partial charge >= 0.3 is 0 Å². The monoisotopic (exact) mass is 226 g/mol. The predicted molar refractivity (Wildman–Crippen MR) is 58.1 cm³/mol. The maximum Gasteiger partial charge on any atom is 0.288 e. The zero-order valence-corrected chi connectivity index (χ0v) is 9.41. The van der Waals surface area contributed by atoms with Gasteiger partial charge in [0.15, 0.2) is 0 Å². The lowest BCUT2D eigenvalue weighted by Gasteiger charge is -2.36. The van der Waals surface area contributed by atoms with Crippen molar-refractivity contribution in [3.8, 4) is 0 Å². The third-order valence-electron chi connectivity index (χ3n) is 3.91. The Morgan fingerprint density at radius 1 is 1.31 bits per heavy atom. The second-order valence-electron chi connectivity index (χ2n) is 5.09. The number of hydrogen-bond donors (Lipinski definition) is 2. The van der Waals surface area contributed by atoms with Gasteiger partial charge in [-0.15, -0.1) is 0 Å². The van der Waals surface area contributed by atoms with Crippen LogP contribution in [0.3, 0.4) is 0 Å². The van der Waals surface area contributed by atoms with Gasteiger partial charge in [0.1, 0.15) is 18.2 Å². The number of aliphatic hydroxyl groups is 2. The number of nitrogens with zero attached hydrogens (tertiary/aromatic N) is 2. The first-order valence-corrected chi connectivity index (χ1v) is 6.02. The summed E-state index contributed by atoms with van der Waals surface area (Å²) in [7, 11) is 0. The van der Waals surface area contributed by atoms with Gasteiger partial charge in [0.25, 0.3) is 6.02 Å². The van der Waals surface area contributed by atoms with E-state index < -0.39 is 12.2 Å². The molecule has 5 atom stereocenters. The highest BCUT2D eigenvalue weighted by molar-refractivity contribution is 5.76. The molecule has 0 spiro atoms. The fourth-order valence-electron chi connectivity index (χ4n) is 2.64. The molecule has 0 bridgehead atoms. The van der Waals surface area contributed by atoms with Crippen LogP contribution in [0.2, 0.25) is 0 Å². The highest BCUT2D eigenvalue weighted by atomic mass is 16.5. The summed E-state index contributed by atoms with van der Waals surface area (Å²) in [4.78, 5) is 6.49. The summed E-state index contributed by atoms with van der Waals surface area (Å²) in [6.45, 7) is 3.92. The second kappa shape index (κ2) is 3.60. The molecule has 2 fully saturated rings. The molecule has 5 nitrogen and oxygen atoms in total. The highest BCUT2D eigenvalue weighted by Crippen LogP contribution is 2.33. The van der Waals surface area contributed by atoms with E-state index in [-0.39, 0.29) is 18.1 Å². The Kier molecular flexibility index (Phi) is 2.33. The molecule has 2 aliphatic heterocycles. The number of aliphatic hydroxyl groups excluding tert-OH is 2. The molecule has 0 aromatic rings. The van der Waals surface area contributed by atoms with E-state index in [1.807, 2.05) is 6.92 Å². The zero-order chi connectivity index (χ0) is 11.3. The van der Waals surface area contributed by atoms with E-state index in [0.717, 1.165) is 19.5 Å². The van der Waals surface area contributed by atoms with Crippen molar-refractivity contribution >= 4 is 6.02 Å². The smallest absolute Gasteiger partial charge is 0.288 e. The van der Waals surface area contributed by atoms with Crippen molar-refractivity contribution in [1.29, 1.82) is 0 Å². The van der Waals surface area contributed by atoms with Crippen LogP contribution in [0.15, 0.2) is 4.99 Å². The molecule has 3 rings (SSSR count). The molecular weight excluding hydrogens is 208 g/mol. The van der Waals surface area contributed by atoms with Crippen LogP contribution in [0.1, 0.15) is 19.8 Å². The number of rotatable bonds is 0. The van der Waals surface area contributed by atoms with E-state index in [0.29, 0.717) is 6.02 Å². The Balaban J connectivity index is 1.76. The third kappa shape index (κ3) is 1.42. The summed E-state index contributed by atoms with van der Waals surface area (Å²) in [5, 5.41) is 19.8. The van der Waals surface area contributed by atoms with E-state index in [2.05, 4.69) is 9.89 Å². The van der Waals surface area contributed by atoms with Crippen LogP contribution < -0.4 is 0 Å². The normalized spacial score (nSPS) is 46.8. The molecule has 0 aromatic heterocycles. The summed E-state index contributed by atoms with van der Waals surface area (Å²) in [5.41, 5.74) is 0. The molecule has 16 heavy (non-hydrogen) atoms. The molecule has 0 radical (unpaired) electrons. The minimum atomic E-state index is -0.785. The van der Waals surface area contributed by atoms with Crippen LogP contribution in [0.5, 0.6) is 0 Å². The largest absolute Gasteiger partial charge is 0.459 e. The van der Waals surface area contributed by atoms with Gasteiger partial charge < -0.3 is 19.8 Å². The third-order valence-corrected chi connectivity index (χ3v) is 3.91. The molecular formula is C11H18N2O3. The molecule has 0 aromatic carbocycles. The zero-order valence-electron chi connectivity index (χ0n) is 9.41. The van der Waals surface area contributed by atoms with E-state index in [1.165, 1.54) is 6.42 Å². The SMILES string of the molecule is C[C@H]1C[C@@H]2OC(N3CCC3)=N[C@@H]2[C@@H](O)[C@@H]1O. The van der Waals surface area contributed by atoms with Gasteiger partial charge in [0, 0.05) is 13.1 Å². The first-order chi connectivity index (χ1) is 7.66. The van der Waals surface area contributed by atoms with Gasteiger partial charge in [-0.2, -0.15) is 0 Å². The van der Waals surface area contributed by atoms with E-state index >= 15 is 0 Å². The number of amidine groups is 1. The van der Waals surface area contributed by atoms with Crippen molar-refractivity contribution in [3.63, 3.8) is 0 Å². The lowest BCUT2D eigenvalue weighted by molar-refractivity contribution is -0.0799. The quantitative estimate of drug-likeness (QED) is 0.588.